The van der Waals surface area contributed by atoms with Crippen molar-refractivity contribution in [3.63, 3.8) is 0 Å². The monoisotopic (exact) mass is 137 g/mol. The van der Waals surface area contributed by atoms with Crippen molar-refractivity contribution in [1.82, 2.24) is 4.98 Å². The Morgan fingerprint density at radius 2 is 2.30 bits per heavy atom. The second kappa shape index (κ2) is 1.70. The Balaban J connectivity index is 3.09. The summed E-state index contributed by atoms with van der Waals surface area (Å²) in [6, 6.07) is 1.52. The van der Waals surface area contributed by atoms with E-state index >= 15 is 0 Å². The Morgan fingerprint density at radius 3 is 3.10 bits per heavy atom. The standard InChI is InChI=1S/C6H3NO3/c8-6-4-1-2-9-5(4)7-3-10-6/h1-3H. The third-order valence-corrected chi connectivity index (χ3v) is 1.19. The summed E-state index contributed by atoms with van der Waals surface area (Å²) in [5, 5.41) is 0.377. The number of hydrogen-bond donors (Lipinski definition) is 0. The molecule has 4 heteroatoms. The second-order valence-corrected chi connectivity index (χ2v) is 1.78. The molecule has 0 unspecified atom stereocenters. The van der Waals surface area contributed by atoms with Crippen molar-refractivity contribution in [2.24, 2.45) is 0 Å². The molecule has 0 aliphatic rings. The molecular weight excluding hydrogens is 134 g/mol. The van der Waals surface area contributed by atoms with Gasteiger partial charge in [0.1, 0.15) is 5.39 Å². The van der Waals surface area contributed by atoms with Gasteiger partial charge in [-0.15, -0.1) is 0 Å². The van der Waals surface area contributed by atoms with Crippen molar-refractivity contribution < 1.29 is 8.83 Å². The molecule has 0 spiro atoms. The van der Waals surface area contributed by atoms with Gasteiger partial charge in [0.15, 0.2) is 6.39 Å². The zero-order valence-electron chi connectivity index (χ0n) is 4.90. The highest BCUT2D eigenvalue weighted by atomic mass is 16.4. The molecule has 0 aliphatic heterocycles. The molecule has 0 fully saturated rings. The maximum Gasteiger partial charge on any atom is 0.350 e. The van der Waals surface area contributed by atoms with Gasteiger partial charge in [-0.25, -0.2) is 4.79 Å². The molecule has 2 aromatic heterocycles. The fraction of sp³-hybridized carbons (Fsp3) is 0. The minimum Gasteiger partial charge on any atom is -0.446 e. The molecule has 0 aromatic carbocycles. The Labute approximate surface area is 55.1 Å². The van der Waals surface area contributed by atoms with Crippen molar-refractivity contribution in [2.75, 3.05) is 0 Å². The number of nitrogens with zero attached hydrogens (tertiary/aromatic N) is 1. The molecule has 0 saturated carbocycles. The van der Waals surface area contributed by atoms with Crippen molar-refractivity contribution in [2.45, 2.75) is 0 Å². The lowest BCUT2D eigenvalue weighted by Crippen LogP contribution is -1.96. The summed E-state index contributed by atoms with van der Waals surface area (Å²) in [6.07, 6.45) is 2.46. The quantitative estimate of drug-likeness (QED) is 0.538. The van der Waals surface area contributed by atoms with Crippen LogP contribution in [0.3, 0.4) is 0 Å². The smallest absolute Gasteiger partial charge is 0.350 e. The Hall–Kier alpha value is -1.58. The SMILES string of the molecule is O=c1ocnc2occc12. The first kappa shape index (κ1) is 5.22. The number of rotatable bonds is 0. The van der Waals surface area contributed by atoms with Gasteiger partial charge >= 0.3 is 5.63 Å². The topological polar surface area (TPSA) is 56.2 Å². The first-order chi connectivity index (χ1) is 4.88. The van der Waals surface area contributed by atoms with Crippen molar-refractivity contribution in [3.05, 3.63) is 29.1 Å². The van der Waals surface area contributed by atoms with Crippen LogP contribution >= 0.6 is 0 Å². The Morgan fingerprint density at radius 1 is 1.40 bits per heavy atom. The summed E-state index contributed by atoms with van der Waals surface area (Å²) < 4.78 is 9.30. The van der Waals surface area contributed by atoms with Crippen LogP contribution in [0.1, 0.15) is 0 Å². The van der Waals surface area contributed by atoms with E-state index in [2.05, 4.69) is 9.40 Å². The molecule has 0 aliphatic carbocycles. The van der Waals surface area contributed by atoms with Crippen LogP contribution in [0, 0.1) is 0 Å². The minimum absolute atomic E-state index is 0.316. The average Bonchev–Trinajstić information content (AvgIpc) is 2.36. The molecule has 2 heterocycles. The van der Waals surface area contributed by atoms with Crippen molar-refractivity contribution in [1.29, 1.82) is 0 Å². The van der Waals surface area contributed by atoms with Gasteiger partial charge in [-0.2, -0.15) is 4.98 Å². The zero-order valence-corrected chi connectivity index (χ0v) is 4.90. The van der Waals surface area contributed by atoms with Gasteiger partial charge in [0.25, 0.3) is 0 Å². The van der Waals surface area contributed by atoms with Gasteiger partial charge in [0, 0.05) is 0 Å². The van der Waals surface area contributed by atoms with Gasteiger partial charge in [-0.3, -0.25) is 0 Å². The van der Waals surface area contributed by atoms with E-state index in [1.807, 2.05) is 0 Å². The minimum atomic E-state index is -0.418. The Bertz CT molecular complexity index is 400. The third-order valence-electron chi connectivity index (χ3n) is 1.19. The molecule has 10 heavy (non-hydrogen) atoms. The molecule has 0 saturated heterocycles. The summed E-state index contributed by atoms with van der Waals surface area (Å²) in [5.74, 6) is 0. The van der Waals surface area contributed by atoms with Crippen LogP contribution in [-0.2, 0) is 0 Å². The molecule has 2 aromatic rings. The van der Waals surface area contributed by atoms with Crippen LogP contribution in [0.15, 0.2) is 32.4 Å². The van der Waals surface area contributed by atoms with E-state index in [4.69, 9.17) is 4.42 Å². The highest BCUT2D eigenvalue weighted by Gasteiger charge is 2.00. The maximum absolute atomic E-state index is 10.8. The second-order valence-electron chi connectivity index (χ2n) is 1.78. The van der Waals surface area contributed by atoms with Gasteiger partial charge in [0.2, 0.25) is 5.71 Å². The van der Waals surface area contributed by atoms with E-state index in [9.17, 15) is 4.79 Å². The van der Waals surface area contributed by atoms with Gasteiger partial charge < -0.3 is 8.83 Å². The van der Waals surface area contributed by atoms with Gasteiger partial charge in [0.05, 0.1) is 6.26 Å². The van der Waals surface area contributed by atoms with E-state index in [1.54, 1.807) is 0 Å². The van der Waals surface area contributed by atoms with Gasteiger partial charge in [-0.05, 0) is 6.07 Å². The fourth-order valence-electron chi connectivity index (χ4n) is 0.742. The largest absolute Gasteiger partial charge is 0.446 e. The predicted octanol–water partition coefficient (Wildman–Crippen LogP) is 0.781. The summed E-state index contributed by atoms with van der Waals surface area (Å²) >= 11 is 0. The van der Waals surface area contributed by atoms with E-state index in [0.29, 0.717) is 11.1 Å². The first-order valence-corrected chi connectivity index (χ1v) is 2.69. The Kier molecular flexibility index (Phi) is 0.887. The summed E-state index contributed by atoms with van der Waals surface area (Å²) in [6.45, 7) is 0. The van der Waals surface area contributed by atoms with Crippen LogP contribution < -0.4 is 5.63 Å². The lowest BCUT2D eigenvalue weighted by molar-refractivity contribution is 0.492. The molecule has 0 radical (unpaired) electrons. The average molecular weight is 137 g/mol. The van der Waals surface area contributed by atoms with Gasteiger partial charge in [-0.1, -0.05) is 0 Å². The van der Waals surface area contributed by atoms with E-state index in [-0.39, 0.29) is 0 Å². The van der Waals surface area contributed by atoms with Crippen molar-refractivity contribution in [3.8, 4) is 0 Å². The normalized spacial score (nSPS) is 10.4. The molecular formula is C6H3NO3. The maximum atomic E-state index is 10.8. The van der Waals surface area contributed by atoms with E-state index < -0.39 is 5.63 Å². The number of aromatic nitrogens is 1. The molecule has 4 nitrogen and oxygen atoms in total. The number of fused-ring (bicyclic) bond motifs is 1. The summed E-state index contributed by atoms with van der Waals surface area (Å²) in [4.78, 5) is 14.4. The molecule has 0 bridgehead atoms. The number of hydrogen-bond acceptors (Lipinski definition) is 4. The van der Waals surface area contributed by atoms with E-state index in [0.717, 1.165) is 6.39 Å². The first-order valence-electron chi connectivity index (χ1n) is 2.69. The molecule has 0 atom stereocenters. The lowest BCUT2D eigenvalue weighted by atomic mass is 10.4. The predicted molar refractivity (Wildman–Crippen MR) is 32.5 cm³/mol. The lowest BCUT2D eigenvalue weighted by Gasteiger charge is -1.80. The third kappa shape index (κ3) is 0.556. The zero-order chi connectivity index (χ0) is 6.97. The van der Waals surface area contributed by atoms with Crippen LogP contribution in [0.2, 0.25) is 0 Å². The molecule has 0 N–H and O–H groups in total. The van der Waals surface area contributed by atoms with Crippen molar-refractivity contribution >= 4 is 11.1 Å². The highest BCUT2D eigenvalue weighted by molar-refractivity contribution is 5.70. The van der Waals surface area contributed by atoms with Crippen LogP contribution in [0.25, 0.3) is 11.1 Å². The summed E-state index contributed by atoms with van der Waals surface area (Å²) in [7, 11) is 0. The number of furan rings is 1. The van der Waals surface area contributed by atoms with E-state index in [1.165, 1.54) is 12.3 Å². The molecule has 50 valence electrons. The highest BCUT2D eigenvalue weighted by Crippen LogP contribution is 2.05. The molecule has 0 amide bonds. The van der Waals surface area contributed by atoms with Crippen LogP contribution in [-0.4, -0.2) is 4.98 Å². The summed E-state index contributed by atoms with van der Waals surface area (Å²) in [5.41, 5.74) is -0.102. The van der Waals surface area contributed by atoms with Crippen LogP contribution in [0.4, 0.5) is 0 Å². The van der Waals surface area contributed by atoms with Crippen LogP contribution in [0.5, 0.6) is 0 Å². The molecule has 2 rings (SSSR count). The fourth-order valence-corrected chi connectivity index (χ4v) is 0.742.